The molecule has 0 aliphatic carbocycles. The minimum Gasteiger partial charge on any atom is -0.397 e. The van der Waals surface area contributed by atoms with E-state index in [1.807, 2.05) is 0 Å². The Balaban J connectivity index is -0.0000000160. The summed E-state index contributed by atoms with van der Waals surface area (Å²) in [7, 11) is 0. The van der Waals surface area contributed by atoms with Gasteiger partial charge in [-0.1, -0.05) is 0 Å². The van der Waals surface area contributed by atoms with Crippen LogP contribution in [-0.2, 0) is 39.0 Å². The molecule has 0 aliphatic rings. The van der Waals surface area contributed by atoms with Gasteiger partial charge in [-0.2, -0.15) is 0 Å². The van der Waals surface area contributed by atoms with Crippen LogP contribution in [0.15, 0.2) is 0 Å². The summed E-state index contributed by atoms with van der Waals surface area (Å²) in [6.07, 6.45) is 0. The molecular weight excluding hydrogens is 211 g/mol. The molecule has 0 aromatic carbocycles. The number of hydrogen-bond donors (Lipinski definition) is 2. The fourth-order valence-electron chi connectivity index (χ4n) is 0. The van der Waals surface area contributed by atoms with Crippen molar-refractivity contribution in [3.05, 3.63) is 0 Å². The second-order valence-electron chi connectivity index (χ2n) is 0.632. The molecule has 44 valence electrons. The van der Waals surface area contributed by atoms with Crippen molar-refractivity contribution in [1.29, 1.82) is 0 Å². The van der Waals surface area contributed by atoms with Crippen LogP contribution in [0, 0.1) is 0 Å². The van der Waals surface area contributed by atoms with Crippen molar-refractivity contribution in [2.45, 2.75) is 13.8 Å². The minimum atomic E-state index is 0. The van der Waals surface area contributed by atoms with E-state index in [0.29, 0.717) is 0 Å². The maximum absolute atomic E-state index is 7.57. The Bertz CT molecular complexity index is 14.0. The summed E-state index contributed by atoms with van der Waals surface area (Å²) < 4.78 is 0. The predicted octanol–water partition coefficient (Wildman–Crippen LogP) is -0.00780. The molecular formula is C4H12O2Zn2. The van der Waals surface area contributed by atoms with Gasteiger partial charge in [0.2, 0.25) is 0 Å². The molecule has 0 saturated heterocycles. The van der Waals surface area contributed by atoms with E-state index >= 15 is 0 Å². The molecule has 0 amide bonds. The van der Waals surface area contributed by atoms with Gasteiger partial charge in [-0.15, -0.1) is 0 Å². The fraction of sp³-hybridized carbons (Fsp3) is 1.00. The minimum absolute atomic E-state index is 0. The molecule has 4 heteroatoms. The number of hydrogen-bond acceptors (Lipinski definition) is 2. The Kier molecular flexibility index (Phi) is 120. The topological polar surface area (TPSA) is 40.5 Å². The second-order valence-corrected chi connectivity index (χ2v) is 0.632. The molecule has 0 spiro atoms. The Hall–Kier alpha value is 1.17. The summed E-state index contributed by atoms with van der Waals surface area (Å²) in [5.41, 5.74) is 0. The monoisotopic (exact) mass is 220 g/mol. The molecule has 0 unspecified atom stereocenters. The number of rotatable bonds is 0. The van der Waals surface area contributed by atoms with Crippen LogP contribution in [0.25, 0.3) is 0 Å². The van der Waals surface area contributed by atoms with Crippen LogP contribution in [0.4, 0.5) is 0 Å². The third kappa shape index (κ3) is 200. The van der Waals surface area contributed by atoms with Crippen LogP contribution in [-0.4, -0.2) is 23.4 Å². The van der Waals surface area contributed by atoms with E-state index in [9.17, 15) is 0 Å². The van der Waals surface area contributed by atoms with Crippen molar-refractivity contribution < 1.29 is 49.2 Å². The van der Waals surface area contributed by atoms with Gasteiger partial charge in [0.15, 0.2) is 0 Å². The van der Waals surface area contributed by atoms with Gasteiger partial charge in [-0.3, -0.25) is 0 Å². The average molecular weight is 223 g/mol. The van der Waals surface area contributed by atoms with Gasteiger partial charge in [0, 0.05) is 52.2 Å². The Morgan fingerprint density at radius 2 is 0.875 bits per heavy atom. The molecule has 0 atom stereocenters. The Labute approximate surface area is 76.2 Å². The van der Waals surface area contributed by atoms with Crippen LogP contribution in [0.1, 0.15) is 13.8 Å². The maximum Gasteiger partial charge on any atom is 0.0402 e. The molecule has 0 heterocycles. The average Bonchev–Trinajstić information content (AvgIpc) is 1.39. The molecule has 0 rings (SSSR count). The first-order valence-electron chi connectivity index (χ1n) is 2.05. The first kappa shape index (κ1) is 22.9. The maximum atomic E-state index is 7.57. The molecule has 2 nitrogen and oxygen atoms in total. The van der Waals surface area contributed by atoms with Crippen LogP contribution < -0.4 is 0 Å². The van der Waals surface area contributed by atoms with Gasteiger partial charge in [0.05, 0.1) is 0 Å². The van der Waals surface area contributed by atoms with Crippen molar-refractivity contribution in [3.8, 4) is 0 Å². The van der Waals surface area contributed by atoms with Gasteiger partial charge in [0.25, 0.3) is 0 Å². The van der Waals surface area contributed by atoms with Gasteiger partial charge < -0.3 is 10.2 Å². The van der Waals surface area contributed by atoms with E-state index in [0.717, 1.165) is 0 Å². The van der Waals surface area contributed by atoms with E-state index in [-0.39, 0.29) is 52.2 Å². The molecule has 2 N–H and O–H groups in total. The molecule has 0 bridgehead atoms. The number of aliphatic hydroxyl groups is 2. The SMILES string of the molecule is CCO.CCO.[Zn].[Zn]. The normalized spacial score (nSPS) is 4.50. The predicted molar refractivity (Wildman–Crippen MR) is 25.5 cm³/mol. The summed E-state index contributed by atoms with van der Waals surface area (Å²) in [6.45, 7) is 3.86. The number of aliphatic hydroxyl groups excluding tert-OH is 2. The largest absolute Gasteiger partial charge is 0.397 e. The van der Waals surface area contributed by atoms with Crippen LogP contribution in [0.2, 0.25) is 0 Å². The molecule has 0 aromatic heterocycles. The van der Waals surface area contributed by atoms with E-state index < -0.39 is 0 Å². The van der Waals surface area contributed by atoms with Crippen LogP contribution in [0.3, 0.4) is 0 Å². The first-order chi connectivity index (χ1) is 2.83. The second kappa shape index (κ2) is 41.8. The molecule has 0 fully saturated rings. The molecule has 0 aliphatic heterocycles. The summed E-state index contributed by atoms with van der Waals surface area (Å²) in [5.74, 6) is 0. The van der Waals surface area contributed by atoms with Crippen molar-refractivity contribution >= 4 is 0 Å². The van der Waals surface area contributed by atoms with Crippen molar-refractivity contribution in [3.63, 3.8) is 0 Å². The Morgan fingerprint density at radius 1 is 0.875 bits per heavy atom. The molecule has 0 radical (unpaired) electrons. The van der Waals surface area contributed by atoms with Crippen molar-refractivity contribution in [2.24, 2.45) is 0 Å². The fourth-order valence-corrected chi connectivity index (χ4v) is 0. The van der Waals surface area contributed by atoms with E-state index in [2.05, 4.69) is 0 Å². The van der Waals surface area contributed by atoms with Crippen molar-refractivity contribution in [2.75, 3.05) is 13.2 Å². The molecule has 0 saturated carbocycles. The molecule has 0 aromatic rings. The van der Waals surface area contributed by atoms with Gasteiger partial charge in [0.1, 0.15) is 0 Å². The summed E-state index contributed by atoms with van der Waals surface area (Å²) in [5, 5.41) is 15.1. The van der Waals surface area contributed by atoms with Gasteiger partial charge in [-0.25, -0.2) is 0 Å². The van der Waals surface area contributed by atoms with E-state index in [4.69, 9.17) is 10.2 Å². The van der Waals surface area contributed by atoms with Crippen LogP contribution in [0.5, 0.6) is 0 Å². The first-order valence-corrected chi connectivity index (χ1v) is 2.05. The zero-order valence-electron chi connectivity index (χ0n) is 5.72. The zero-order chi connectivity index (χ0) is 5.41. The Morgan fingerprint density at radius 3 is 0.875 bits per heavy atom. The van der Waals surface area contributed by atoms with E-state index in [1.165, 1.54) is 0 Å². The van der Waals surface area contributed by atoms with Gasteiger partial charge >= 0.3 is 0 Å². The summed E-state index contributed by atoms with van der Waals surface area (Å²) in [4.78, 5) is 0. The molecule has 8 heavy (non-hydrogen) atoms. The van der Waals surface area contributed by atoms with E-state index in [1.54, 1.807) is 13.8 Å². The third-order valence-electron chi connectivity index (χ3n) is 0. The smallest absolute Gasteiger partial charge is 0.0402 e. The quantitative estimate of drug-likeness (QED) is 0.567. The zero-order valence-corrected chi connectivity index (χ0v) is 11.7. The van der Waals surface area contributed by atoms with Crippen molar-refractivity contribution in [1.82, 2.24) is 0 Å². The third-order valence-corrected chi connectivity index (χ3v) is 0. The summed E-state index contributed by atoms with van der Waals surface area (Å²) >= 11 is 0. The van der Waals surface area contributed by atoms with Gasteiger partial charge in [-0.05, 0) is 13.8 Å². The standard InChI is InChI=1S/2C2H6O.2Zn/c2*1-2-3;;/h2*3H,2H2,1H3;;. The van der Waals surface area contributed by atoms with Crippen LogP contribution >= 0.6 is 0 Å². The summed E-state index contributed by atoms with van der Waals surface area (Å²) in [6, 6.07) is 0.